The molecule has 1 fully saturated rings. The standard InChI is InChI=1S/C13H20N3O4P/c1-21(2,19)8-5-10-3-6-14-9-12(20-10)16-7-4-11(17)15-13(16)18/h4-5,7-8,10,12,14H,3,6,9H2,1-2H3,(H,15,17,18)/b8-5+. The highest BCUT2D eigenvalue weighted by atomic mass is 31.2. The van der Waals surface area contributed by atoms with Crippen LogP contribution in [-0.4, -0.2) is 42.1 Å². The molecule has 0 saturated carbocycles. The zero-order valence-corrected chi connectivity index (χ0v) is 13.0. The largest absolute Gasteiger partial charge is 0.349 e. The molecule has 2 rings (SSSR count). The number of aromatic nitrogens is 2. The molecule has 1 aliphatic heterocycles. The van der Waals surface area contributed by atoms with E-state index in [0.717, 1.165) is 13.0 Å². The summed E-state index contributed by atoms with van der Waals surface area (Å²) in [6.07, 6.45) is 3.20. The first-order chi connectivity index (χ1) is 9.85. The minimum absolute atomic E-state index is 0.225. The van der Waals surface area contributed by atoms with Crippen molar-refractivity contribution in [1.82, 2.24) is 14.9 Å². The van der Waals surface area contributed by atoms with Gasteiger partial charge in [-0.05, 0) is 32.1 Å². The molecule has 0 aromatic carbocycles. The van der Waals surface area contributed by atoms with Crippen LogP contribution in [0.3, 0.4) is 0 Å². The minimum atomic E-state index is -2.25. The van der Waals surface area contributed by atoms with Crippen LogP contribution in [0.15, 0.2) is 33.7 Å². The molecule has 1 aliphatic rings. The van der Waals surface area contributed by atoms with E-state index in [2.05, 4.69) is 10.3 Å². The van der Waals surface area contributed by atoms with E-state index in [1.165, 1.54) is 16.8 Å². The topological polar surface area (TPSA) is 93.2 Å². The summed E-state index contributed by atoms with van der Waals surface area (Å²) >= 11 is 0. The lowest BCUT2D eigenvalue weighted by atomic mass is 10.2. The maximum absolute atomic E-state index is 11.8. The van der Waals surface area contributed by atoms with Crippen LogP contribution in [0.25, 0.3) is 0 Å². The summed E-state index contributed by atoms with van der Waals surface area (Å²) in [4.78, 5) is 25.1. The summed E-state index contributed by atoms with van der Waals surface area (Å²) in [7, 11) is -2.25. The Morgan fingerprint density at radius 3 is 2.86 bits per heavy atom. The molecular formula is C13H20N3O4P. The smallest absolute Gasteiger partial charge is 0.330 e. The summed E-state index contributed by atoms with van der Waals surface area (Å²) in [6.45, 7) is 4.57. The normalized spacial score (nSPS) is 24.1. The fourth-order valence-corrected chi connectivity index (χ4v) is 2.66. The monoisotopic (exact) mass is 313 g/mol. The van der Waals surface area contributed by atoms with Crippen LogP contribution >= 0.6 is 7.14 Å². The molecule has 2 heterocycles. The van der Waals surface area contributed by atoms with Crippen LogP contribution in [0.1, 0.15) is 12.6 Å². The van der Waals surface area contributed by atoms with Gasteiger partial charge in [0.15, 0.2) is 6.23 Å². The number of hydrogen-bond donors (Lipinski definition) is 2. The van der Waals surface area contributed by atoms with E-state index in [-0.39, 0.29) is 6.10 Å². The predicted octanol–water partition coefficient (Wildman–Crippen LogP) is 0.550. The van der Waals surface area contributed by atoms with E-state index in [9.17, 15) is 14.2 Å². The molecule has 2 unspecified atom stereocenters. The second-order valence-corrected chi connectivity index (χ2v) is 8.58. The summed E-state index contributed by atoms with van der Waals surface area (Å²) in [5, 5.41) is 3.19. The third kappa shape index (κ3) is 4.81. The maximum Gasteiger partial charge on any atom is 0.330 e. The number of nitrogens with zero attached hydrogens (tertiary/aromatic N) is 1. The highest BCUT2D eigenvalue weighted by Crippen LogP contribution is 2.38. The Bertz CT molecular complexity index is 672. The number of hydrogen-bond acceptors (Lipinski definition) is 5. The molecule has 2 N–H and O–H groups in total. The van der Waals surface area contributed by atoms with Crippen molar-refractivity contribution in [3.8, 4) is 0 Å². The van der Waals surface area contributed by atoms with Crippen LogP contribution in [0.2, 0.25) is 0 Å². The van der Waals surface area contributed by atoms with Crippen molar-refractivity contribution >= 4 is 7.14 Å². The minimum Gasteiger partial charge on any atom is -0.349 e. The highest BCUT2D eigenvalue weighted by Gasteiger charge is 2.21. The van der Waals surface area contributed by atoms with Crippen LogP contribution in [0, 0.1) is 0 Å². The van der Waals surface area contributed by atoms with Gasteiger partial charge < -0.3 is 14.6 Å². The molecule has 0 amide bonds. The Hall–Kier alpha value is -1.43. The molecule has 0 aliphatic carbocycles. The SMILES string of the molecule is CP(C)(=O)/C=C/C1CCNCC(n2ccc(=O)[nH]c2=O)O1. The molecule has 1 aromatic heterocycles. The molecule has 1 saturated heterocycles. The van der Waals surface area contributed by atoms with Gasteiger partial charge in [0.25, 0.3) is 5.56 Å². The van der Waals surface area contributed by atoms with Gasteiger partial charge in [-0.1, -0.05) is 6.08 Å². The van der Waals surface area contributed by atoms with Gasteiger partial charge in [0.2, 0.25) is 0 Å². The van der Waals surface area contributed by atoms with Crippen LogP contribution in [0.4, 0.5) is 0 Å². The van der Waals surface area contributed by atoms with Gasteiger partial charge in [-0.25, -0.2) is 4.79 Å². The molecule has 0 bridgehead atoms. The van der Waals surface area contributed by atoms with Gasteiger partial charge >= 0.3 is 5.69 Å². The first-order valence-corrected chi connectivity index (χ1v) is 9.44. The first kappa shape index (κ1) is 15.9. The Balaban J connectivity index is 2.20. The average Bonchev–Trinajstić information content (AvgIpc) is 2.61. The molecule has 0 radical (unpaired) electrons. The van der Waals surface area contributed by atoms with E-state index in [1.54, 1.807) is 25.2 Å². The third-order valence-corrected chi connectivity index (χ3v) is 3.97. The molecule has 116 valence electrons. The lowest BCUT2D eigenvalue weighted by molar-refractivity contribution is -0.0232. The summed E-state index contributed by atoms with van der Waals surface area (Å²) < 4.78 is 19.0. The van der Waals surface area contributed by atoms with Gasteiger partial charge in [-0.15, -0.1) is 0 Å². The molecular weight excluding hydrogens is 293 g/mol. The van der Waals surface area contributed by atoms with Gasteiger partial charge in [-0.2, -0.15) is 0 Å². The van der Waals surface area contributed by atoms with Gasteiger partial charge in [0.05, 0.1) is 6.10 Å². The maximum atomic E-state index is 11.8. The molecule has 0 spiro atoms. The number of nitrogens with one attached hydrogen (secondary N) is 2. The quantitative estimate of drug-likeness (QED) is 0.795. The van der Waals surface area contributed by atoms with Crippen molar-refractivity contribution in [1.29, 1.82) is 0 Å². The lowest BCUT2D eigenvalue weighted by Gasteiger charge is -2.21. The summed E-state index contributed by atoms with van der Waals surface area (Å²) in [5.41, 5.74) is -0.942. The van der Waals surface area contributed by atoms with Crippen LogP contribution in [-0.2, 0) is 9.30 Å². The van der Waals surface area contributed by atoms with Crippen molar-refractivity contribution in [2.45, 2.75) is 18.8 Å². The Morgan fingerprint density at radius 2 is 2.19 bits per heavy atom. The zero-order chi connectivity index (χ0) is 15.5. The average molecular weight is 313 g/mol. The second-order valence-electron chi connectivity index (χ2n) is 5.42. The highest BCUT2D eigenvalue weighted by molar-refractivity contribution is 7.65. The van der Waals surface area contributed by atoms with E-state index in [4.69, 9.17) is 4.74 Å². The van der Waals surface area contributed by atoms with E-state index in [1.807, 2.05) is 0 Å². The predicted molar refractivity (Wildman–Crippen MR) is 81.3 cm³/mol. The first-order valence-electron chi connectivity index (χ1n) is 6.77. The van der Waals surface area contributed by atoms with Gasteiger partial charge in [0, 0.05) is 18.8 Å². The number of ether oxygens (including phenoxy) is 1. The third-order valence-electron chi connectivity index (χ3n) is 3.08. The molecule has 2 atom stereocenters. The van der Waals surface area contributed by atoms with Gasteiger partial charge in [-0.3, -0.25) is 14.3 Å². The molecule has 21 heavy (non-hydrogen) atoms. The van der Waals surface area contributed by atoms with E-state index in [0.29, 0.717) is 6.54 Å². The number of rotatable bonds is 3. The Labute approximate surface area is 122 Å². The Kier molecular flexibility index (Phi) is 4.98. The van der Waals surface area contributed by atoms with Crippen molar-refractivity contribution in [2.24, 2.45) is 0 Å². The fraction of sp³-hybridized carbons (Fsp3) is 0.538. The number of H-pyrrole nitrogens is 1. The van der Waals surface area contributed by atoms with Crippen molar-refractivity contribution in [3.05, 3.63) is 45.0 Å². The van der Waals surface area contributed by atoms with E-state index < -0.39 is 24.6 Å². The van der Waals surface area contributed by atoms with Crippen LogP contribution in [0.5, 0.6) is 0 Å². The van der Waals surface area contributed by atoms with Crippen LogP contribution < -0.4 is 16.6 Å². The summed E-state index contributed by atoms with van der Waals surface area (Å²) in [6, 6.07) is 1.28. The second kappa shape index (κ2) is 6.56. The van der Waals surface area contributed by atoms with Crippen molar-refractivity contribution in [2.75, 3.05) is 26.4 Å². The Morgan fingerprint density at radius 1 is 1.43 bits per heavy atom. The molecule has 7 nitrogen and oxygen atoms in total. The van der Waals surface area contributed by atoms with Crippen molar-refractivity contribution in [3.63, 3.8) is 0 Å². The summed E-state index contributed by atoms with van der Waals surface area (Å²) in [5.74, 6) is 1.68. The molecule has 1 aromatic rings. The lowest BCUT2D eigenvalue weighted by Crippen LogP contribution is -2.36. The zero-order valence-electron chi connectivity index (χ0n) is 12.1. The molecule has 8 heteroatoms. The fourth-order valence-electron chi connectivity index (χ4n) is 2.05. The van der Waals surface area contributed by atoms with E-state index >= 15 is 0 Å². The van der Waals surface area contributed by atoms with Crippen molar-refractivity contribution < 1.29 is 9.30 Å². The van der Waals surface area contributed by atoms with Gasteiger partial charge in [0.1, 0.15) is 7.14 Å². The number of aromatic amines is 1.